The maximum atomic E-state index is 6.15. The number of benzene rings is 1. The molecule has 0 aliphatic carbocycles. The molecule has 18 heavy (non-hydrogen) atoms. The smallest absolute Gasteiger partial charge is 0.169 e. The summed E-state index contributed by atoms with van der Waals surface area (Å²) in [5.41, 5.74) is 3.63. The molecule has 2 rings (SSSR count). The summed E-state index contributed by atoms with van der Waals surface area (Å²) < 4.78 is 6.14. The molecule has 0 amide bonds. The first kappa shape index (κ1) is 13.9. The number of nitrogens with one attached hydrogen (secondary N) is 1. The van der Waals surface area contributed by atoms with Gasteiger partial charge in [0, 0.05) is 0 Å². The minimum absolute atomic E-state index is 0.160. The van der Waals surface area contributed by atoms with Crippen LogP contribution < -0.4 is 11.3 Å². The Hall–Kier alpha value is -0.520. The summed E-state index contributed by atoms with van der Waals surface area (Å²) >= 11 is 15.4. The normalized spacial score (nSPS) is 12.7. The standard InChI is InChI=1S/C12H11BrCl2N2O/c13-11-5-4-10(18-11)9(17-16)6-7-2-1-3-8(14)12(7)15/h1-5,9,17H,6,16H2. The molecular formula is C12H11BrCl2N2O. The largest absolute Gasteiger partial charge is 0.453 e. The maximum absolute atomic E-state index is 6.15. The topological polar surface area (TPSA) is 51.2 Å². The minimum atomic E-state index is -0.160. The highest BCUT2D eigenvalue weighted by atomic mass is 79.9. The van der Waals surface area contributed by atoms with Gasteiger partial charge in [-0.25, -0.2) is 5.43 Å². The van der Waals surface area contributed by atoms with Crippen molar-refractivity contribution in [3.63, 3.8) is 0 Å². The average Bonchev–Trinajstić information content (AvgIpc) is 2.78. The van der Waals surface area contributed by atoms with Crippen molar-refractivity contribution in [2.45, 2.75) is 12.5 Å². The summed E-state index contributed by atoms with van der Waals surface area (Å²) in [6, 6.07) is 9.03. The Bertz CT molecular complexity index is 545. The van der Waals surface area contributed by atoms with Gasteiger partial charge in [-0.05, 0) is 46.1 Å². The van der Waals surface area contributed by atoms with Crippen molar-refractivity contribution in [1.29, 1.82) is 0 Å². The van der Waals surface area contributed by atoms with Gasteiger partial charge in [0.05, 0.1) is 16.1 Å². The fourth-order valence-corrected chi connectivity index (χ4v) is 2.40. The Morgan fingerprint density at radius 3 is 2.67 bits per heavy atom. The monoisotopic (exact) mass is 348 g/mol. The Morgan fingerprint density at radius 2 is 2.06 bits per heavy atom. The molecule has 96 valence electrons. The molecule has 0 saturated carbocycles. The molecule has 1 aromatic heterocycles. The summed E-state index contributed by atoms with van der Waals surface area (Å²) in [4.78, 5) is 0. The Morgan fingerprint density at radius 1 is 1.28 bits per heavy atom. The third-order valence-electron chi connectivity index (χ3n) is 2.59. The molecule has 1 aromatic carbocycles. The summed E-state index contributed by atoms with van der Waals surface area (Å²) in [7, 11) is 0. The fraction of sp³-hybridized carbons (Fsp3) is 0.167. The molecule has 0 radical (unpaired) electrons. The number of hydrazine groups is 1. The molecule has 0 aliphatic heterocycles. The van der Waals surface area contributed by atoms with Gasteiger partial charge < -0.3 is 4.42 Å². The molecule has 0 bridgehead atoms. The van der Waals surface area contributed by atoms with E-state index in [-0.39, 0.29) is 6.04 Å². The zero-order valence-electron chi connectivity index (χ0n) is 9.29. The second-order valence-corrected chi connectivity index (χ2v) is 5.34. The lowest BCUT2D eigenvalue weighted by molar-refractivity contribution is 0.405. The lowest BCUT2D eigenvalue weighted by Gasteiger charge is -2.14. The van der Waals surface area contributed by atoms with Gasteiger partial charge in [0.1, 0.15) is 5.76 Å². The number of halogens is 3. The Balaban J connectivity index is 2.23. The van der Waals surface area contributed by atoms with Crippen LogP contribution in [0.4, 0.5) is 0 Å². The van der Waals surface area contributed by atoms with Crippen molar-refractivity contribution < 1.29 is 4.42 Å². The Kier molecular flexibility index (Phi) is 4.70. The van der Waals surface area contributed by atoms with Crippen LogP contribution in [0.3, 0.4) is 0 Å². The third kappa shape index (κ3) is 3.08. The highest BCUT2D eigenvalue weighted by molar-refractivity contribution is 9.10. The molecular weight excluding hydrogens is 339 g/mol. The number of rotatable bonds is 4. The van der Waals surface area contributed by atoms with Gasteiger partial charge in [-0.2, -0.15) is 0 Å². The average molecular weight is 350 g/mol. The van der Waals surface area contributed by atoms with Crippen molar-refractivity contribution in [2.75, 3.05) is 0 Å². The SMILES string of the molecule is NNC(Cc1cccc(Cl)c1Cl)c1ccc(Br)o1. The van der Waals surface area contributed by atoms with Crippen molar-refractivity contribution in [2.24, 2.45) is 5.84 Å². The van der Waals surface area contributed by atoms with E-state index >= 15 is 0 Å². The van der Waals surface area contributed by atoms with Crippen LogP contribution in [-0.2, 0) is 6.42 Å². The molecule has 1 heterocycles. The summed E-state index contributed by atoms with van der Waals surface area (Å²) in [5.74, 6) is 6.29. The highest BCUT2D eigenvalue weighted by Crippen LogP contribution is 2.30. The van der Waals surface area contributed by atoms with Crippen LogP contribution in [-0.4, -0.2) is 0 Å². The highest BCUT2D eigenvalue weighted by Gasteiger charge is 2.16. The second kappa shape index (κ2) is 6.08. The van der Waals surface area contributed by atoms with E-state index < -0.39 is 0 Å². The molecule has 3 nitrogen and oxygen atoms in total. The van der Waals surface area contributed by atoms with E-state index in [1.807, 2.05) is 24.3 Å². The lowest BCUT2D eigenvalue weighted by atomic mass is 10.0. The summed E-state index contributed by atoms with van der Waals surface area (Å²) in [6.07, 6.45) is 0.593. The van der Waals surface area contributed by atoms with Gasteiger partial charge in [0.25, 0.3) is 0 Å². The van der Waals surface area contributed by atoms with E-state index in [1.54, 1.807) is 6.07 Å². The van der Waals surface area contributed by atoms with E-state index in [2.05, 4.69) is 21.4 Å². The molecule has 2 aromatic rings. The van der Waals surface area contributed by atoms with Gasteiger partial charge in [-0.15, -0.1) is 0 Å². The van der Waals surface area contributed by atoms with E-state index in [1.165, 1.54) is 0 Å². The molecule has 1 atom stereocenters. The van der Waals surface area contributed by atoms with Crippen molar-refractivity contribution in [3.8, 4) is 0 Å². The van der Waals surface area contributed by atoms with Gasteiger partial charge >= 0.3 is 0 Å². The lowest BCUT2D eigenvalue weighted by Crippen LogP contribution is -2.29. The predicted octanol–water partition coefficient (Wildman–Crippen LogP) is 4.10. The fourth-order valence-electron chi connectivity index (χ4n) is 1.68. The van der Waals surface area contributed by atoms with Gasteiger partial charge in [0.2, 0.25) is 0 Å². The van der Waals surface area contributed by atoms with Crippen LogP contribution in [0.25, 0.3) is 0 Å². The molecule has 0 fully saturated rings. The van der Waals surface area contributed by atoms with Gasteiger partial charge in [-0.1, -0.05) is 35.3 Å². The van der Waals surface area contributed by atoms with Crippen molar-refractivity contribution in [1.82, 2.24) is 5.43 Å². The van der Waals surface area contributed by atoms with Crippen LogP contribution in [0.2, 0.25) is 10.0 Å². The van der Waals surface area contributed by atoms with Gasteiger partial charge in [0.15, 0.2) is 4.67 Å². The van der Waals surface area contributed by atoms with Crippen LogP contribution >= 0.6 is 39.1 Å². The first-order valence-corrected chi connectivity index (χ1v) is 6.81. The molecule has 6 heteroatoms. The molecule has 3 N–H and O–H groups in total. The van der Waals surface area contributed by atoms with E-state index in [4.69, 9.17) is 33.5 Å². The first-order valence-electron chi connectivity index (χ1n) is 5.26. The predicted molar refractivity (Wildman–Crippen MR) is 76.6 cm³/mol. The van der Waals surface area contributed by atoms with Crippen LogP contribution in [0, 0.1) is 0 Å². The number of furan rings is 1. The zero-order chi connectivity index (χ0) is 13.1. The quantitative estimate of drug-likeness (QED) is 0.645. The number of hydrogen-bond acceptors (Lipinski definition) is 3. The number of nitrogens with two attached hydrogens (primary N) is 1. The minimum Gasteiger partial charge on any atom is -0.453 e. The molecule has 0 aliphatic rings. The van der Waals surface area contributed by atoms with Crippen molar-refractivity contribution in [3.05, 3.63) is 56.4 Å². The molecule has 0 saturated heterocycles. The van der Waals surface area contributed by atoms with Gasteiger partial charge in [-0.3, -0.25) is 5.84 Å². The summed E-state index contributed by atoms with van der Waals surface area (Å²) in [5, 5.41) is 1.08. The van der Waals surface area contributed by atoms with E-state index in [0.29, 0.717) is 21.1 Å². The Labute approximate surface area is 123 Å². The second-order valence-electron chi connectivity index (χ2n) is 3.78. The van der Waals surface area contributed by atoms with Crippen molar-refractivity contribution >= 4 is 39.1 Å². The van der Waals surface area contributed by atoms with E-state index in [0.717, 1.165) is 11.3 Å². The zero-order valence-corrected chi connectivity index (χ0v) is 12.4. The van der Waals surface area contributed by atoms with E-state index in [9.17, 15) is 0 Å². The first-order chi connectivity index (χ1) is 8.61. The molecule has 1 unspecified atom stereocenters. The van der Waals surface area contributed by atoms with Crippen LogP contribution in [0.5, 0.6) is 0 Å². The van der Waals surface area contributed by atoms with Crippen LogP contribution in [0.1, 0.15) is 17.4 Å². The van der Waals surface area contributed by atoms with Crippen LogP contribution in [0.15, 0.2) is 39.4 Å². The summed E-state index contributed by atoms with van der Waals surface area (Å²) in [6.45, 7) is 0. The number of hydrogen-bond donors (Lipinski definition) is 2. The third-order valence-corrected chi connectivity index (χ3v) is 3.88. The maximum Gasteiger partial charge on any atom is 0.169 e. The molecule has 0 spiro atoms.